The molecule has 0 unspecified atom stereocenters. The van der Waals surface area contributed by atoms with Gasteiger partial charge in [0.05, 0.1) is 5.92 Å². The molecule has 0 bridgehead atoms. The maximum absolute atomic E-state index is 12.6. The Labute approximate surface area is 185 Å². The first-order chi connectivity index (χ1) is 15.4. The van der Waals surface area contributed by atoms with Gasteiger partial charge in [0.2, 0.25) is 16.8 Å². The molecular weight excluding hydrogens is 438 g/mol. The van der Waals surface area contributed by atoms with Crippen molar-refractivity contribution in [2.24, 2.45) is 5.92 Å². The number of fused-ring (bicyclic) bond motifs is 1. The molecule has 1 N–H and O–H groups in total. The maximum Gasteiger partial charge on any atom is 0.309 e. The summed E-state index contributed by atoms with van der Waals surface area (Å²) in [6.45, 7) is 0.450. The minimum Gasteiger partial charge on any atom is -0.455 e. The number of hydrogen-bond donors (Lipinski definition) is 1. The molecule has 1 amide bonds. The van der Waals surface area contributed by atoms with Gasteiger partial charge >= 0.3 is 5.97 Å². The Morgan fingerprint density at radius 3 is 2.69 bits per heavy atom. The fourth-order valence-electron chi connectivity index (χ4n) is 3.54. The zero-order chi connectivity index (χ0) is 22.6. The summed E-state index contributed by atoms with van der Waals surface area (Å²) >= 11 is 0. The van der Waals surface area contributed by atoms with Crippen LogP contribution in [0, 0.1) is 5.92 Å². The van der Waals surface area contributed by atoms with Gasteiger partial charge in [-0.15, -0.1) is 0 Å². The Hall–Kier alpha value is -3.18. The van der Waals surface area contributed by atoms with Gasteiger partial charge in [0.1, 0.15) is 4.90 Å². The summed E-state index contributed by atoms with van der Waals surface area (Å²) in [6.07, 6.45) is 3.47. The van der Waals surface area contributed by atoms with E-state index in [-0.39, 0.29) is 31.3 Å². The van der Waals surface area contributed by atoms with Crippen LogP contribution in [-0.4, -0.2) is 56.1 Å². The molecule has 32 heavy (non-hydrogen) atoms. The zero-order valence-electron chi connectivity index (χ0n) is 17.2. The number of pyridine rings is 1. The molecule has 4 rings (SSSR count). The molecule has 1 aromatic carbocycles. The van der Waals surface area contributed by atoms with Crippen molar-refractivity contribution >= 4 is 21.9 Å². The van der Waals surface area contributed by atoms with Crippen LogP contribution >= 0.6 is 0 Å². The summed E-state index contributed by atoms with van der Waals surface area (Å²) in [5.74, 6) is -0.0837. The number of piperidine rings is 1. The minimum atomic E-state index is -3.64. The van der Waals surface area contributed by atoms with Gasteiger partial charge in [0.15, 0.2) is 18.1 Å². The average molecular weight is 461 g/mol. The summed E-state index contributed by atoms with van der Waals surface area (Å²) in [6, 6.07) is 8.42. The molecule has 2 aliphatic rings. The highest BCUT2D eigenvalue weighted by atomic mass is 32.2. The zero-order valence-corrected chi connectivity index (χ0v) is 18.0. The van der Waals surface area contributed by atoms with Gasteiger partial charge in [-0.2, -0.15) is 4.31 Å². The lowest BCUT2D eigenvalue weighted by molar-refractivity contribution is -0.153. The standard InChI is InChI=1S/C21H23N3O7S/c25-20(23-11-15-3-4-18-19(10-15)31-14-30-18)13-29-21(26)16-5-8-24(9-6-16)32(27,28)17-2-1-7-22-12-17/h1-4,7,10,12,16H,5-6,8-9,11,13-14H2,(H,23,25). The molecule has 0 aliphatic carbocycles. The van der Waals surface area contributed by atoms with Crippen molar-refractivity contribution in [1.82, 2.24) is 14.6 Å². The van der Waals surface area contributed by atoms with Crippen molar-refractivity contribution in [1.29, 1.82) is 0 Å². The molecule has 1 aromatic heterocycles. The number of benzene rings is 1. The van der Waals surface area contributed by atoms with Crippen molar-refractivity contribution in [3.05, 3.63) is 48.3 Å². The number of carbonyl (C=O) groups is 2. The number of nitrogens with one attached hydrogen (secondary N) is 1. The molecule has 2 aromatic rings. The van der Waals surface area contributed by atoms with Gasteiger partial charge < -0.3 is 19.5 Å². The highest BCUT2D eigenvalue weighted by molar-refractivity contribution is 7.89. The Bertz CT molecular complexity index is 1080. The van der Waals surface area contributed by atoms with E-state index in [0.29, 0.717) is 24.3 Å². The van der Waals surface area contributed by atoms with Gasteiger partial charge in [0, 0.05) is 32.0 Å². The molecule has 0 atom stereocenters. The molecule has 10 nitrogen and oxygen atoms in total. The van der Waals surface area contributed by atoms with Crippen LogP contribution < -0.4 is 14.8 Å². The van der Waals surface area contributed by atoms with Gasteiger partial charge in [0.25, 0.3) is 5.91 Å². The van der Waals surface area contributed by atoms with Crippen LogP contribution in [0.15, 0.2) is 47.6 Å². The van der Waals surface area contributed by atoms with Crippen LogP contribution in [0.25, 0.3) is 0 Å². The van der Waals surface area contributed by atoms with Crippen molar-refractivity contribution in [2.45, 2.75) is 24.3 Å². The molecule has 3 heterocycles. The van der Waals surface area contributed by atoms with E-state index in [1.807, 2.05) is 6.07 Å². The smallest absolute Gasteiger partial charge is 0.309 e. The number of esters is 1. The third-order valence-corrected chi connectivity index (χ3v) is 7.21. The molecule has 0 spiro atoms. The van der Waals surface area contributed by atoms with E-state index >= 15 is 0 Å². The van der Waals surface area contributed by atoms with E-state index in [2.05, 4.69) is 10.3 Å². The van der Waals surface area contributed by atoms with E-state index in [1.54, 1.807) is 18.2 Å². The maximum atomic E-state index is 12.6. The number of carbonyl (C=O) groups excluding carboxylic acids is 2. The highest BCUT2D eigenvalue weighted by Gasteiger charge is 2.33. The van der Waals surface area contributed by atoms with E-state index in [9.17, 15) is 18.0 Å². The number of hydrogen-bond acceptors (Lipinski definition) is 8. The molecular formula is C21H23N3O7S. The van der Waals surface area contributed by atoms with E-state index in [4.69, 9.17) is 14.2 Å². The fraction of sp³-hybridized carbons (Fsp3) is 0.381. The number of rotatable bonds is 7. The Kier molecular flexibility index (Phi) is 6.56. The number of aromatic nitrogens is 1. The van der Waals surface area contributed by atoms with Crippen LogP contribution in [-0.2, 0) is 30.9 Å². The lowest BCUT2D eigenvalue weighted by atomic mass is 9.98. The Morgan fingerprint density at radius 1 is 1.16 bits per heavy atom. The van der Waals surface area contributed by atoms with Crippen molar-refractivity contribution < 1.29 is 32.2 Å². The number of amides is 1. The minimum absolute atomic E-state index is 0.125. The molecule has 170 valence electrons. The summed E-state index contributed by atoms with van der Waals surface area (Å²) in [5, 5.41) is 2.69. The second-order valence-electron chi connectivity index (χ2n) is 7.44. The van der Waals surface area contributed by atoms with Crippen LogP contribution in [0.3, 0.4) is 0 Å². The predicted octanol–water partition coefficient (Wildman–Crippen LogP) is 1.07. The van der Waals surface area contributed by atoms with Crippen molar-refractivity contribution in [3.8, 4) is 11.5 Å². The molecule has 1 saturated heterocycles. The summed E-state index contributed by atoms with van der Waals surface area (Å²) in [7, 11) is -3.64. The summed E-state index contributed by atoms with van der Waals surface area (Å²) in [4.78, 5) is 28.3. The Morgan fingerprint density at radius 2 is 1.94 bits per heavy atom. The molecule has 2 aliphatic heterocycles. The number of sulfonamides is 1. The molecule has 0 radical (unpaired) electrons. The van der Waals surface area contributed by atoms with Gasteiger partial charge in [-0.3, -0.25) is 14.6 Å². The van der Waals surface area contributed by atoms with Crippen LogP contribution in [0.2, 0.25) is 0 Å². The number of nitrogens with zero attached hydrogens (tertiary/aromatic N) is 2. The van der Waals surface area contributed by atoms with Crippen LogP contribution in [0.1, 0.15) is 18.4 Å². The Balaban J connectivity index is 1.20. The second kappa shape index (κ2) is 9.53. The second-order valence-corrected chi connectivity index (χ2v) is 9.38. The first-order valence-corrected chi connectivity index (χ1v) is 11.6. The predicted molar refractivity (Wildman–Crippen MR) is 111 cm³/mol. The lowest BCUT2D eigenvalue weighted by Crippen LogP contribution is -2.41. The van der Waals surface area contributed by atoms with Crippen molar-refractivity contribution in [3.63, 3.8) is 0 Å². The quantitative estimate of drug-likeness (QED) is 0.608. The first-order valence-electron chi connectivity index (χ1n) is 10.2. The largest absolute Gasteiger partial charge is 0.455 e. The monoisotopic (exact) mass is 461 g/mol. The topological polar surface area (TPSA) is 124 Å². The summed E-state index contributed by atoms with van der Waals surface area (Å²) in [5.41, 5.74) is 0.830. The lowest BCUT2D eigenvalue weighted by Gasteiger charge is -2.29. The summed E-state index contributed by atoms with van der Waals surface area (Å²) < 4.78 is 42.3. The van der Waals surface area contributed by atoms with Crippen molar-refractivity contribution in [2.75, 3.05) is 26.5 Å². The molecule has 0 saturated carbocycles. The average Bonchev–Trinajstić information content (AvgIpc) is 3.30. The van der Waals surface area contributed by atoms with Crippen LogP contribution in [0.5, 0.6) is 11.5 Å². The third kappa shape index (κ3) is 5.00. The van der Waals surface area contributed by atoms with Gasteiger partial charge in [-0.25, -0.2) is 8.42 Å². The fourth-order valence-corrected chi connectivity index (χ4v) is 4.97. The van der Waals surface area contributed by atoms with E-state index in [1.165, 1.54) is 22.8 Å². The van der Waals surface area contributed by atoms with Gasteiger partial charge in [-0.1, -0.05) is 6.07 Å². The normalized spacial score (nSPS) is 16.5. The van der Waals surface area contributed by atoms with E-state index in [0.717, 1.165) is 5.56 Å². The number of ether oxygens (including phenoxy) is 3. The van der Waals surface area contributed by atoms with E-state index < -0.39 is 34.4 Å². The third-order valence-electron chi connectivity index (χ3n) is 5.33. The van der Waals surface area contributed by atoms with Crippen LogP contribution in [0.4, 0.5) is 0 Å². The van der Waals surface area contributed by atoms with Gasteiger partial charge in [-0.05, 0) is 42.7 Å². The highest BCUT2D eigenvalue weighted by Crippen LogP contribution is 2.32. The first kappa shape index (κ1) is 22.0. The molecule has 11 heteroatoms. The SMILES string of the molecule is O=C(COC(=O)C1CCN(S(=O)(=O)c2cccnc2)CC1)NCc1ccc2c(c1)OCO2. The molecule has 1 fully saturated rings.